The van der Waals surface area contributed by atoms with E-state index in [1.807, 2.05) is 6.07 Å². The third kappa shape index (κ3) is 3.78. The first-order valence-corrected chi connectivity index (χ1v) is 10.0. The first-order chi connectivity index (χ1) is 12.6. The van der Waals surface area contributed by atoms with Crippen molar-refractivity contribution >= 4 is 17.7 Å². The van der Waals surface area contributed by atoms with Gasteiger partial charge >= 0.3 is 5.97 Å². The van der Waals surface area contributed by atoms with Gasteiger partial charge in [0.05, 0.1) is 5.25 Å². The number of carbonyl (C=O) groups is 1. The number of likely N-dealkylation sites (tertiary alicyclic amines) is 1. The van der Waals surface area contributed by atoms with E-state index in [2.05, 4.69) is 35.2 Å². The van der Waals surface area contributed by atoms with Gasteiger partial charge in [-0.2, -0.15) is 5.10 Å². The summed E-state index contributed by atoms with van der Waals surface area (Å²) in [4.78, 5) is 19.7. The monoisotopic (exact) mass is 372 g/mol. The molecule has 0 spiro atoms. The lowest BCUT2D eigenvalue weighted by Gasteiger charge is -2.28. The lowest BCUT2D eigenvalue weighted by molar-refractivity contribution is -0.137. The van der Waals surface area contributed by atoms with E-state index in [0.29, 0.717) is 5.92 Å². The lowest BCUT2D eigenvalue weighted by Crippen LogP contribution is -2.31. The average Bonchev–Trinajstić information content (AvgIpc) is 3.20. The SMILES string of the molecule is CN1CCC(Cc2nc(C3Cc4ccccc4S3)n(CC(=O)O)n2)CC1. The van der Waals surface area contributed by atoms with Gasteiger partial charge in [0, 0.05) is 11.3 Å². The first kappa shape index (κ1) is 17.5. The molecule has 1 atom stereocenters. The molecule has 26 heavy (non-hydrogen) atoms. The molecule has 2 aromatic rings. The third-order valence-electron chi connectivity index (χ3n) is 5.27. The van der Waals surface area contributed by atoms with Crippen molar-refractivity contribution in [2.45, 2.75) is 42.4 Å². The van der Waals surface area contributed by atoms with Gasteiger partial charge in [-0.15, -0.1) is 11.8 Å². The van der Waals surface area contributed by atoms with Crippen molar-refractivity contribution in [3.63, 3.8) is 0 Å². The van der Waals surface area contributed by atoms with Crippen molar-refractivity contribution in [3.05, 3.63) is 41.5 Å². The summed E-state index contributed by atoms with van der Waals surface area (Å²) in [5.41, 5.74) is 1.31. The zero-order valence-electron chi connectivity index (χ0n) is 15.0. The highest BCUT2D eigenvalue weighted by Crippen LogP contribution is 2.45. The third-order valence-corrected chi connectivity index (χ3v) is 6.59. The van der Waals surface area contributed by atoms with Crippen LogP contribution in [0.4, 0.5) is 0 Å². The number of piperidine rings is 1. The van der Waals surface area contributed by atoms with Crippen molar-refractivity contribution in [2.75, 3.05) is 20.1 Å². The van der Waals surface area contributed by atoms with Crippen molar-refractivity contribution in [2.24, 2.45) is 5.92 Å². The van der Waals surface area contributed by atoms with Crippen LogP contribution >= 0.6 is 11.8 Å². The van der Waals surface area contributed by atoms with Crippen molar-refractivity contribution in [1.29, 1.82) is 0 Å². The van der Waals surface area contributed by atoms with Crippen molar-refractivity contribution in [1.82, 2.24) is 19.7 Å². The van der Waals surface area contributed by atoms with Gasteiger partial charge in [0.15, 0.2) is 5.82 Å². The number of aromatic nitrogens is 3. The Bertz CT molecular complexity index is 774. The fourth-order valence-corrected chi connectivity index (χ4v) is 5.13. The maximum absolute atomic E-state index is 11.3. The highest BCUT2D eigenvalue weighted by atomic mass is 32.2. The second-order valence-corrected chi connectivity index (χ2v) is 8.55. The molecular weight excluding hydrogens is 348 g/mol. The molecule has 0 radical (unpaired) electrons. The molecule has 0 bridgehead atoms. The molecular formula is C19H24N4O2S. The minimum Gasteiger partial charge on any atom is -0.480 e. The second-order valence-electron chi connectivity index (χ2n) is 7.31. The van der Waals surface area contributed by atoms with E-state index in [-0.39, 0.29) is 11.8 Å². The zero-order chi connectivity index (χ0) is 18.1. The molecule has 0 aliphatic carbocycles. The van der Waals surface area contributed by atoms with Crippen LogP contribution in [0, 0.1) is 5.92 Å². The summed E-state index contributed by atoms with van der Waals surface area (Å²) in [6, 6.07) is 8.36. The molecule has 6 nitrogen and oxygen atoms in total. The van der Waals surface area contributed by atoms with Crippen LogP contribution in [0.15, 0.2) is 29.2 Å². The maximum Gasteiger partial charge on any atom is 0.325 e. The minimum atomic E-state index is -0.873. The van der Waals surface area contributed by atoms with Gasteiger partial charge in [0.25, 0.3) is 0 Å². The number of carboxylic acid groups (broad SMARTS) is 1. The molecule has 3 heterocycles. The molecule has 1 unspecified atom stereocenters. The molecule has 1 N–H and O–H groups in total. The van der Waals surface area contributed by atoms with Gasteiger partial charge in [-0.1, -0.05) is 18.2 Å². The molecule has 0 saturated carbocycles. The van der Waals surface area contributed by atoms with Gasteiger partial charge in [0.2, 0.25) is 0 Å². The van der Waals surface area contributed by atoms with Crippen LogP contribution in [-0.2, 0) is 24.2 Å². The van der Waals surface area contributed by atoms with Gasteiger partial charge in [-0.25, -0.2) is 9.67 Å². The molecule has 0 amide bonds. The molecule has 1 aromatic heterocycles. The predicted molar refractivity (Wildman–Crippen MR) is 100 cm³/mol. The fourth-order valence-electron chi connectivity index (χ4n) is 3.82. The first-order valence-electron chi connectivity index (χ1n) is 9.17. The molecule has 138 valence electrons. The number of thioether (sulfide) groups is 1. The summed E-state index contributed by atoms with van der Waals surface area (Å²) < 4.78 is 1.61. The lowest BCUT2D eigenvalue weighted by atomic mass is 9.94. The largest absolute Gasteiger partial charge is 0.480 e. The van der Waals surface area contributed by atoms with Crippen LogP contribution in [0.25, 0.3) is 0 Å². The number of nitrogens with zero attached hydrogens (tertiary/aromatic N) is 4. The Labute approximate surface area is 157 Å². The molecule has 2 aliphatic heterocycles. The van der Waals surface area contributed by atoms with E-state index < -0.39 is 5.97 Å². The highest BCUT2D eigenvalue weighted by molar-refractivity contribution is 7.99. The zero-order valence-corrected chi connectivity index (χ0v) is 15.8. The van der Waals surface area contributed by atoms with Crippen molar-refractivity contribution in [3.8, 4) is 0 Å². The Morgan fingerprint density at radius 3 is 2.81 bits per heavy atom. The minimum absolute atomic E-state index is 0.122. The smallest absolute Gasteiger partial charge is 0.325 e. The molecule has 1 aromatic carbocycles. The number of aliphatic carboxylic acids is 1. The van der Waals surface area contributed by atoms with Crippen LogP contribution in [0.2, 0.25) is 0 Å². The number of benzene rings is 1. The number of carboxylic acids is 1. The summed E-state index contributed by atoms with van der Waals surface area (Å²) in [6.45, 7) is 2.10. The Morgan fingerprint density at radius 2 is 2.08 bits per heavy atom. The van der Waals surface area contributed by atoms with Crippen LogP contribution in [0.5, 0.6) is 0 Å². The fraction of sp³-hybridized carbons (Fsp3) is 0.526. The summed E-state index contributed by atoms with van der Waals surface area (Å²) >= 11 is 1.77. The van der Waals surface area contributed by atoms with E-state index in [1.54, 1.807) is 16.4 Å². The highest BCUT2D eigenvalue weighted by Gasteiger charge is 2.29. The van der Waals surface area contributed by atoms with Crippen LogP contribution in [0.3, 0.4) is 0 Å². The van der Waals surface area contributed by atoms with Gasteiger partial charge in [-0.05, 0) is 56.9 Å². The van der Waals surface area contributed by atoms with Crippen LogP contribution < -0.4 is 0 Å². The van der Waals surface area contributed by atoms with E-state index in [9.17, 15) is 9.90 Å². The molecule has 4 rings (SSSR count). The average molecular weight is 372 g/mol. The molecule has 1 saturated heterocycles. The van der Waals surface area contributed by atoms with Crippen LogP contribution in [-0.4, -0.2) is 50.9 Å². The Kier molecular flexibility index (Phi) is 5.00. The summed E-state index contributed by atoms with van der Waals surface area (Å²) in [7, 11) is 2.16. The summed E-state index contributed by atoms with van der Waals surface area (Å²) in [5.74, 6) is 1.32. The maximum atomic E-state index is 11.3. The summed E-state index contributed by atoms with van der Waals surface area (Å²) in [5, 5.41) is 14.0. The number of hydrogen-bond acceptors (Lipinski definition) is 5. The number of fused-ring (bicyclic) bond motifs is 1. The normalized spacial score (nSPS) is 21.0. The van der Waals surface area contributed by atoms with Gasteiger partial charge in [-0.3, -0.25) is 4.79 Å². The standard InChI is InChI=1S/C19H24N4O2S/c1-22-8-6-13(7-9-22)10-17-20-19(23(21-17)12-18(24)25)16-11-14-4-2-3-5-15(14)26-16/h2-5,13,16H,6-12H2,1H3,(H,24,25). The number of rotatable bonds is 5. The molecule has 7 heteroatoms. The molecule has 2 aliphatic rings. The second kappa shape index (κ2) is 7.40. The van der Waals surface area contributed by atoms with E-state index in [4.69, 9.17) is 4.98 Å². The Balaban J connectivity index is 1.54. The Morgan fingerprint density at radius 1 is 1.31 bits per heavy atom. The van der Waals surface area contributed by atoms with Crippen LogP contribution in [0.1, 0.15) is 35.3 Å². The quantitative estimate of drug-likeness (QED) is 0.870. The van der Waals surface area contributed by atoms with Gasteiger partial charge in [0.1, 0.15) is 12.4 Å². The summed E-state index contributed by atoms with van der Waals surface area (Å²) in [6.07, 6.45) is 4.04. The predicted octanol–water partition coefficient (Wildman–Crippen LogP) is 2.64. The van der Waals surface area contributed by atoms with Crippen molar-refractivity contribution < 1.29 is 9.90 Å². The van der Waals surface area contributed by atoms with Gasteiger partial charge < -0.3 is 10.0 Å². The van der Waals surface area contributed by atoms with E-state index in [1.165, 1.54) is 10.5 Å². The molecule has 1 fully saturated rings. The topological polar surface area (TPSA) is 71.2 Å². The van der Waals surface area contributed by atoms with E-state index >= 15 is 0 Å². The Hall–Kier alpha value is -1.86. The van der Waals surface area contributed by atoms with E-state index in [0.717, 1.165) is 50.4 Å². The number of hydrogen-bond donors (Lipinski definition) is 1.